The highest BCUT2D eigenvalue weighted by atomic mass is 32.2. The highest BCUT2D eigenvalue weighted by molar-refractivity contribution is 7.90. The summed E-state index contributed by atoms with van der Waals surface area (Å²) in [6, 6.07) is 0. The van der Waals surface area contributed by atoms with Gasteiger partial charge < -0.3 is 19.3 Å². The van der Waals surface area contributed by atoms with Gasteiger partial charge in [0, 0.05) is 18.3 Å². The van der Waals surface area contributed by atoms with Gasteiger partial charge in [0.05, 0.1) is 17.7 Å². The van der Waals surface area contributed by atoms with Crippen LogP contribution in [-0.2, 0) is 34.4 Å². The number of nitrogens with two attached hydrogens (primary N) is 1. The third-order valence-electron chi connectivity index (χ3n) is 9.85. The highest BCUT2D eigenvalue weighted by Gasteiger charge is 2.67. The minimum Gasteiger partial charge on any atom is -0.414 e. The lowest BCUT2D eigenvalue weighted by Crippen LogP contribution is -2.59. The second-order valence-corrected chi connectivity index (χ2v) is 26.1. The van der Waals surface area contributed by atoms with Gasteiger partial charge in [0.1, 0.15) is 12.2 Å². The number of rotatable bonds is 8. The molecule has 2 N–H and O–H groups in total. The molecule has 0 bridgehead atoms. The first-order valence-electron chi connectivity index (χ1n) is 14.7. The van der Waals surface area contributed by atoms with Crippen LogP contribution >= 0.6 is 0 Å². The summed E-state index contributed by atoms with van der Waals surface area (Å²) in [5.41, 5.74) is 4.18. The molecule has 1 aromatic rings. The Morgan fingerprint density at radius 3 is 2.10 bits per heavy atom. The van der Waals surface area contributed by atoms with E-state index in [-0.39, 0.29) is 33.9 Å². The summed E-state index contributed by atoms with van der Waals surface area (Å²) in [6.07, 6.45) is 0.110. The monoisotopic (exact) mass is 643 g/mol. The van der Waals surface area contributed by atoms with Crippen molar-refractivity contribution >= 4 is 26.8 Å². The van der Waals surface area contributed by atoms with Crippen LogP contribution in [-0.4, -0.2) is 58.6 Å². The smallest absolute Gasteiger partial charge is 0.333 e. The summed E-state index contributed by atoms with van der Waals surface area (Å²) in [5.74, 6) is 0.272. The Labute approximate surface area is 251 Å². The van der Waals surface area contributed by atoms with Gasteiger partial charge in [0.2, 0.25) is 0 Å². The molecule has 2 unspecified atom stereocenters. The Morgan fingerprint density at radius 2 is 1.62 bits per heavy atom. The van der Waals surface area contributed by atoms with Crippen molar-refractivity contribution in [2.24, 2.45) is 11.7 Å². The van der Waals surface area contributed by atoms with E-state index in [0.717, 1.165) is 18.2 Å². The van der Waals surface area contributed by atoms with Crippen LogP contribution in [0.5, 0.6) is 0 Å². The van der Waals surface area contributed by atoms with Crippen molar-refractivity contribution in [3.05, 3.63) is 43.7 Å². The van der Waals surface area contributed by atoms with Gasteiger partial charge in [-0.25, -0.2) is 8.98 Å². The zero-order valence-corrected chi connectivity index (χ0v) is 29.8. The normalized spacial score (nSPS) is 28.5. The molecular weight excluding hydrogens is 595 g/mol. The molecule has 3 heterocycles. The summed E-state index contributed by atoms with van der Waals surface area (Å²) in [4.78, 5) is 27.0. The third-order valence-corrected chi connectivity index (χ3v) is 19.9. The van der Waals surface area contributed by atoms with Crippen molar-refractivity contribution in [2.75, 3.05) is 6.61 Å². The van der Waals surface area contributed by atoms with Crippen LogP contribution in [0.4, 0.5) is 0 Å². The molecule has 2 aliphatic heterocycles. The predicted molar refractivity (Wildman–Crippen MR) is 167 cm³/mol. The summed E-state index contributed by atoms with van der Waals surface area (Å²) >= 11 is 0. The molecule has 11 nitrogen and oxygen atoms in total. The van der Waals surface area contributed by atoms with E-state index in [1.54, 1.807) is 6.92 Å². The maximum absolute atomic E-state index is 13.9. The van der Waals surface area contributed by atoms with Crippen LogP contribution in [0.3, 0.4) is 0 Å². The first-order chi connectivity index (χ1) is 18.9. The van der Waals surface area contributed by atoms with Gasteiger partial charge in [-0.2, -0.15) is 8.42 Å². The molecule has 14 heteroatoms. The largest absolute Gasteiger partial charge is 0.414 e. The van der Waals surface area contributed by atoms with Gasteiger partial charge in [-0.1, -0.05) is 41.5 Å². The zero-order chi connectivity index (χ0) is 31.8. The second-order valence-electron chi connectivity index (χ2n) is 15.2. The minimum absolute atomic E-state index is 0.0239. The SMILES string of the molecule is Cc1cn([C@@H]2OC(CO[Si](C)(C)C(C)(C)C)C3(OS(=O)(=O)C=C3N)[C@H]2O[Si](C)(C)C(C)(C)C)c(=O)n(CC2CC2)c1=O. The molecule has 0 amide bonds. The number of aromatic nitrogens is 2. The molecule has 1 saturated carbocycles. The number of hydrogen-bond acceptors (Lipinski definition) is 9. The molecule has 238 valence electrons. The van der Waals surface area contributed by atoms with Crippen LogP contribution < -0.4 is 17.0 Å². The van der Waals surface area contributed by atoms with Crippen LogP contribution in [0.2, 0.25) is 36.3 Å². The van der Waals surface area contributed by atoms with Crippen LogP contribution in [0.15, 0.2) is 26.9 Å². The Bertz CT molecular complexity index is 1480. The highest BCUT2D eigenvalue weighted by Crippen LogP contribution is 2.52. The predicted octanol–water partition coefficient (Wildman–Crippen LogP) is 3.94. The summed E-state index contributed by atoms with van der Waals surface area (Å²) in [6.45, 7) is 22.7. The summed E-state index contributed by atoms with van der Waals surface area (Å²) in [5, 5.41) is 0.490. The Morgan fingerprint density at radius 1 is 1.05 bits per heavy atom. The lowest BCUT2D eigenvalue weighted by atomic mass is 9.89. The van der Waals surface area contributed by atoms with Crippen molar-refractivity contribution in [2.45, 2.75) is 128 Å². The Kier molecular flexibility index (Phi) is 8.35. The Balaban J connectivity index is 1.92. The molecule has 1 saturated heterocycles. The number of aryl methyl sites for hydroxylation is 1. The molecule has 1 spiro atoms. The average Bonchev–Trinajstić information content (AvgIpc) is 3.54. The van der Waals surface area contributed by atoms with Crippen LogP contribution in [0.1, 0.15) is 66.2 Å². The van der Waals surface area contributed by atoms with Crippen LogP contribution in [0.25, 0.3) is 0 Å². The number of ether oxygens (including phenoxy) is 1. The van der Waals surface area contributed by atoms with E-state index in [1.807, 2.05) is 13.1 Å². The number of hydrogen-bond donors (Lipinski definition) is 1. The van der Waals surface area contributed by atoms with Gasteiger partial charge in [-0.3, -0.25) is 13.9 Å². The maximum atomic E-state index is 13.9. The quantitative estimate of drug-likeness (QED) is 0.329. The zero-order valence-electron chi connectivity index (χ0n) is 26.9. The van der Waals surface area contributed by atoms with Gasteiger partial charge >= 0.3 is 5.69 Å². The topological polar surface area (TPSA) is 141 Å². The van der Waals surface area contributed by atoms with E-state index >= 15 is 0 Å². The summed E-state index contributed by atoms with van der Waals surface area (Å²) < 4.78 is 54.5. The second kappa shape index (κ2) is 10.5. The van der Waals surface area contributed by atoms with Crippen molar-refractivity contribution < 1.29 is 26.2 Å². The van der Waals surface area contributed by atoms with Crippen molar-refractivity contribution in [1.82, 2.24) is 9.13 Å². The molecule has 4 atom stereocenters. The fraction of sp³-hybridized carbons (Fsp3) is 0.786. The van der Waals surface area contributed by atoms with Crippen molar-refractivity contribution in [3.8, 4) is 0 Å². The maximum Gasteiger partial charge on any atom is 0.333 e. The van der Waals surface area contributed by atoms with E-state index < -0.39 is 56.5 Å². The molecule has 0 radical (unpaired) electrons. The van der Waals surface area contributed by atoms with Gasteiger partial charge in [0.25, 0.3) is 15.7 Å². The van der Waals surface area contributed by atoms with Gasteiger partial charge in [-0.05, 0) is 61.9 Å². The fourth-order valence-corrected chi connectivity index (χ4v) is 8.38. The first-order valence-corrected chi connectivity index (χ1v) is 22.0. The third kappa shape index (κ3) is 5.92. The van der Waals surface area contributed by atoms with Crippen LogP contribution in [0, 0.1) is 12.8 Å². The number of nitrogens with zero attached hydrogens (tertiary/aromatic N) is 2. The lowest BCUT2D eigenvalue weighted by Gasteiger charge is -2.43. The van der Waals surface area contributed by atoms with E-state index in [2.05, 4.69) is 54.6 Å². The van der Waals surface area contributed by atoms with Gasteiger partial charge in [0.15, 0.2) is 28.5 Å². The molecule has 4 rings (SSSR count). The molecule has 1 aliphatic carbocycles. The van der Waals surface area contributed by atoms with E-state index in [4.69, 9.17) is 23.5 Å². The van der Waals surface area contributed by atoms with Crippen molar-refractivity contribution in [1.29, 1.82) is 0 Å². The first kappa shape index (κ1) is 33.3. The lowest BCUT2D eigenvalue weighted by molar-refractivity contribution is -0.0567. The van der Waals surface area contributed by atoms with E-state index in [9.17, 15) is 18.0 Å². The summed E-state index contributed by atoms with van der Waals surface area (Å²) in [7, 11) is -9.19. The Hall–Kier alpha value is -1.56. The van der Waals surface area contributed by atoms with E-state index in [1.165, 1.54) is 15.3 Å². The van der Waals surface area contributed by atoms with Gasteiger partial charge in [-0.15, -0.1) is 0 Å². The fourth-order valence-electron chi connectivity index (χ4n) is 4.87. The van der Waals surface area contributed by atoms with Crippen molar-refractivity contribution in [3.63, 3.8) is 0 Å². The molecule has 3 aliphatic rings. The van der Waals surface area contributed by atoms with E-state index in [0.29, 0.717) is 12.1 Å². The molecule has 42 heavy (non-hydrogen) atoms. The molecule has 0 aromatic carbocycles. The molecule has 2 fully saturated rings. The minimum atomic E-state index is -4.19. The molecular formula is C28H49N3O8SSi2. The molecule has 1 aromatic heterocycles. The standard InChI is InChI=1S/C28H49N3O8SSi2/c1-18-14-31(25(33)30(23(18)32)15-19-12-13-19)24-22(38-42(10,11)27(5,6)7)28(20(29)17-40(34,35)39-28)21(37-24)16-36-41(8,9)26(2,3)4/h14,17,19,21-22,24H,12-13,15-16,29H2,1-11H3/t21?,22-,24+,28?/m0/s1. The average molecular weight is 644 g/mol.